The number of carbonyl (C=O) groups is 2. The molecule has 0 fully saturated rings. The van der Waals surface area contributed by atoms with Crippen molar-refractivity contribution in [3.63, 3.8) is 0 Å². The van der Waals surface area contributed by atoms with Gasteiger partial charge >= 0.3 is 5.97 Å². The van der Waals surface area contributed by atoms with Crippen LogP contribution in [0.15, 0.2) is 22.6 Å². The molecule has 1 amide bonds. The molecule has 0 unspecified atom stereocenters. The Morgan fingerprint density at radius 3 is 2.96 bits per heavy atom. The van der Waals surface area contributed by atoms with Gasteiger partial charge in [-0.05, 0) is 42.8 Å². The minimum absolute atomic E-state index is 0.0642. The van der Waals surface area contributed by atoms with Crippen molar-refractivity contribution in [1.82, 2.24) is 14.5 Å². The number of hydrogen-bond acceptors (Lipinski definition) is 7. The fraction of sp³-hybridized carbons (Fsp3) is 0.368. The molecule has 0 bridgehead atoms. The average molecular weight is 418 g/mol. The molecule has 3 aromatic rings. The Balaban J connectivity index is 1.60. The van der Waals surface area contributed by atoms with E-state index in [2.05, 4.69) is 4.98 Å². The van der Waals surface area contributed by atoms with E-state index in [1.807, 2.05) is 11.4 Å². The van der Waals surface area contributed by atoms with Crippen LogP contribution in [-0.4, -0.2) is 39.5 Å². The van der Waals surface area contributed by atoms with E-state index in [1.165, 1.54) is 21.3 Å². The third-order valence-electron chi connectivity index (χ3n) is 4.84. The maximum absolute atomic E-state index is 12.9. The molecule has 1 aliphatic heterocycles. The largest absolute Gasteiger partial charge is 0.462 e. The smallest absolute Gasteiger partial charge is 0.348 e. The molecule has 7 nitrogen and oxygen atoms in total. The van der Waals surface area contributed by atoms with Crippen molar-refractivity contribution in [2.24, 2.45) is 0 Å². The molecular weight excluding hydrogens is 398 g/mol. The molecule has 146 valence electrons. The van der Waals surface area contributed by atoms with Crippen molar-refractivity contribution < 1.29 is 14.3 Å². The summed E-state index contributed by atoms with van der Waals surface area (Å²) in [6.45, 7) is 4.87. The highest BCUT2D eigenvalue weighted by molar-refractivity contribution is 7.20. The van der Waals surface area contributed by atoms with Gasteiger partial charge in [0, 0.05) is 18.0 Å². The lowest BCUT2D eigenvalue weighted by Gasteiger charge is -2.27. The number of aromatic nitrogens is 2. The molecule has 0 spiro atoms. The van der Waals surface area contributed by atoms with Crippen LogP contribution in [0, 0.1) is 6.92 Å². The molecule has 1 aliphatic rings. The van der Waals surface area contributed by atoms with Crippen molar-refractivity contribution in [2.45, 2.75) is 33.4 Å². The maximum atomic E-state index is 12.9. The Kier molecular flexibility index (Phi) is 5.03. The summed E-state index contributed by atoms with van der Waals surface area (Å²) in [7, 11) is 0. The predicted molar refractivity (Wildman–Crippen MR) is 108 cm³/mol. The molecular formula is C19H19N3O4S2. The van der Waals surface area contributed by atoms with Gasteiger partial charge in [-0.1, -0.05) is 0 Å². The van der Waals surface area contributed by atoms with Crippen molar-refractivity contribution in [2.75, 3.05) is 13.2 Å². The van der Waals surface area contributed by atoms with Crippen LogP contribution in [0.4, 0.5) is 0 Å². The quantitative estimate of drug-likeness (QED) is 0.610. The molecule has 0 N–H and O–H groups in total. The van der Waals surface area contributed by atoms with Gasteiger partial charge in [0.2, 0.25) is 5.91 Å². The minimum atomic E-state index is -0.454. The molecule has 28 heavy (non-hydrogen) atoms. The van der Waals surface area contributed by atoms with E-state index in [4.69, 9.17) is 4.74 Å². The van der Waals surface area contributed by atoms with E-state index in [9.17, 15) is 14.4 Å². The lowest BCUT2D eigenvalue weighted by Crippen LogP contribution is -2.39. The van der Waals surface area contributed by atoms with Gasteiger partial charge < -0.3 is 9.64 Å². The third kappa shape index (κ3) is 3.24. The molecule has 3 aromatic heterocycles. The summed E-state index contributed by atoms with van der Waals surface area (Å²) in [5, 5.41) is 2.42. The normalized spacial score (nSPS) is 13.6. The zero-order valence-corrected chi connectivity index (χ0v) is 17.2. The molecule has 4 rings (SSSR count). The van der Waals surface area contributed by atoms with Gasteiger partial charge in [-0.3, -0.25) is 14.2 Å². The van der Waals surface area contributed by atoms with Gasteiger partial charge in [0.05, 0.1) is 18.3 Å². The molecule has 0 radical (unpaired) electrons. The van der Waals surface area contributed by atoms with Gasteiger partial charge in [-0.15, -0.1) is 22.7 Å². The van der Waals surface area contributed by atoms with Crippen molar-refractivity contribution in [3.8, 4) is 0 Å². The Morgan fingerprint density at radius 2 is 2.18 bits per heavy atom. The summed E-state index contributed by atoms with van der Waals surface area (Å²) >= 11 is 2.86. The van der Waals surface area contributed by atoms with Crippen LogP contribution in [0.25, 0.3) is 10.2 Å². The Labute approximate surface area is 169 Å². The number of carbonyl (C=O) groups excluding carboxylic acids is 2. The maximum Gasteiger partial charge on any atom is 0.348 e. The van der Waals surface area contributed by atoms with E-state index in [1.54, 1.807) is 30.1 Å². The molecule has 0 aliphatic carbocycles. The zero-order valence-electron chi connectivity index (χ0n) is 15.6. The number of aryl methyl sites for hydroxylation is 1. The first-order chi connectivity index (χ1) is 13.5. The second kappa shape index (κ2) is 7.48. The number of rotatable bonds is 4. The summed E-state index contributed by atoms with van der Waals surface area (Å²) in [6, 6.07) is 2.05. The van der Waals surface area contributed by atoms with Crippen molar-refractivity contribution in [3.05, 3.63) is 49.0 Å². The van der Waals surface area contributed by atoms with Gasteiger partial charge in [0.1, 0.15) is 16.3 Å². The highest BCUT2D eigenvalue weighted by Crippen LogP contribution is 2.27. The van der Waals surface area contributed by atoms with E-state index in [0.717, 1.165) is 17.8 Å². The van der Waals surface area contributed by atoms with Crippen LogP contribution in [0.5, 0.6) is 0 Å². The number of hydrogen-bond donors (Lipinski definition) is 0. The second-order valence-electron chi connectivity index (χ2n) is 6.57. The molecule has 0 atom stereocenters. The minimum Gasteiger partial charge on any atom is -0.462 e. The summed E-state index contributed by atoms with van der Waals surface area (Å²) in [5.74, 6) is -0.566. The van der Waals surface area contributed by atoms with Crippen LogP contribution < -0.4 is 5.56 Å². The first-order valence-electron chi connectivity index (χ1n) is 8.98. The number of nitrogens with zero attached hydrogens (tertiary/aromatic N) is 3. The third-order valence-corrected chi connectivity index (χ3v) is 7.05. The van der Waals surface area contributed by atoms with Crippen LogP contribution >= 0.6 is 22.7 Å². The van der Waals surface area contributed by atoms with Gasteiger partial charge in [0.25, 0.3) is 5.56 Å². The number of thiophene rings is 2. The van der Waals surface area contributed by atoms with Crippen LogP contribution in [-0.2, 0) is 29.0 Å². The van der Waals surface area contributed by atoms with E-state index >= 15 is 0 Å². The monoisotopic (exact) mass is 417 g/mol. The first kappa shape index (κ1) is 18.8. The average Bonchev–Trinajstić information content (AvgIpc) is 3.28. The topological polar surface area (TPSA) is 81.5 Å². The van der Waals surface area contributed by atoms with E-state index in [-0.39, 0.29) is 24.6 Å². The molecule has 0 saturated carbocycles. The summed E-state index contributed by atoms with van der Waals surface area (Å²) < 4.78 is 6.37. The van der Waals surface area contributed by atoms with Gasteiger partial charge in [0.15, 0.2) is 0 Å². The standard InChI is InChI=1S/C19H19N3O4S2/c1-3-26-19(25)16-11(2)15-17(28-16)20-10-22(18(15)24)9-14(23)21-6-4-13-12(8-21)5-7-27-13/h5,7,10H,3-4,6,8-9H2,1-2H3. The Morgan fingerprint density at radius 1 is 1.36 bits per heavy atom. The number of esters is 1. The lowest BCUT2D eigenvalue weighted by atomic mass is 10.1. The second-order valence-corrected chi connectivity index (χ2v) is 8.57. The van der Waals surface area contributed by atoms with E-state index in [0.29, 0.717) is 33.7 Å². The molecule has 0 aromatic carbocycles. The highest BCUT2D eigenvalue weighted by atomic mass is 32.1. The van der Waals surface area contributed by atoms with Crippen LogP contribution in [0.2, 0.25) is 0 Å². The summed E-state index contributed by atoms with van der Waals surface area (Å²) in [4.78, 5) is 46.0. The van der Waals surface area contributed by atoms with Crippen LogP contribution in [0.3, 0.4) is 0 Å². The SMILES string of the molecule is CCOC(=O)c1sc2ncn(CC(=O)N3CCc4sccc4C3)c(=O)c2c1C. The number of amides is 1. The van der Waals surface area contributed by atoms with Crippen molar-refractivity contribution in [1.29, 1.82) is 0 Å². The van der Waals surface area contributed by atoms with Crippen LogP contribution in [0.1, 0.15) is 32.6 Å². The Bertz CT molecular complexity index is 1130. The molecule has 0 saturated heterocycles. The zero-order chi connectivity index (χ0) is 19.8. The number of ether oxygens (including phenoxy) is 1. The molecule has 4 heterocycles. The predicted octanol–water partition coefficient (Wildman–Crippen LogP) is 2.59. The van der Waals surface area contributed by atoms with Gasteiger partial charge in [-0.25, -0.2) is 9.78 Å². The summed E-state index contributed by atoms with van der Waals surface area (Å²) in [6.07, 6.45) is 2.23. The fourth-order valence-corrected chi connectivity index (χ4v) is 5.29. The fourth-order valence-electron chi connectivity index (χ4n) is 3.37. The lowest BCUT2D eigenvalue weighted by molar-refractivity contribution is -0.132. The molecule has 9 heteroatoms. The highest BCUT2D eigenvalue weighted by Gasteiger charge is 2.24. The first-order valence-corrected chi connectivity index (χ1v) is 10.7. The van der Waals surface area contributed by atoms with Gasteiger partial charge in [-0.2, -0.15) is 0 Å². The van der Waals surface area contributed by atoms with E-state index < -0.39 is 5.97 Å². The number of fused-ring (bicyclic) bond motifs is 2. The van der Waals surface area contributed by atoms with Crippen molar-refractivity contribution >= 4 is 44.8 Å². The summed E-state index contributed by atoms with van der Waals surface area (Å²) in [5.41, 5.74) is 1.42. The Hall–Kier alpha value is -2.52.